The third-order valence-corrected chi connectivity index (χ3v) is 8.66. The number of pyridine rings is 1. The second kappa shape index (κ2) is 9.60. The minimum absolute atomic E-state index is 0.0224. The maximum Gasteiger partial charge on any atom is 0.225 e. The fourth-order valence-corrected chi connectivity index (χ4v) is 6.06. The maximum absolute atomic E-state index is 12.3. The van der Waals surface area contributed by atoms with Crippen LogP contribution in [-0.4, -0.2) is 69.7 Å². The standard InChI is InChI=1S/C27H36ClN3O4/c1-26(16-35-15-24(26)32)31-8-6-17(7-9-31)22-11-19-10-21(29-14-20(19)12-23(22)28)13-27(2,34)30-25(33)18-4-3-5-18/h10-12,14,17-18,24,32,34H,3-9,13,15-16H2,1-2H3,(H,30,33)/t24-,26+,27?/m1/s1. The van der Waals surface area contributed by atoms with E-state index in [2.05, 4.69) is 28.2 Å². The molecule has 2 aliphatic heterocycles. The van der Waals surface area contributed by atoms with Gasteiger partial charge in [-0.15, -0.1) is 0 Å². The summed E-state index contributed by atoms with van der Waals surface area (Å²) in [5.41, 5.74) is 0.195. The lowest BCUT2D eigenvalue weighted by Gasteiger charge is -2.43. The number of hydrogen-bond donors (Lipinski definition) is 3. The van der Waals surface area contributed by atoms with Gasteiger partial charge in [0.2, 0.25) is 5.91 Å². The number of nitrogens with one attached hydrogen (secondary N) is 1. The van der Waals surface area contributed by atoms with Crippen molar-refractivity contribution in [3.05, 3.63) is 40.7 Å². The number of benzene rings is 1. The molecule has 3 fully saturated rings. The normalized spacial score (nSPS) is 28.1. The van der Waals surface area contributed by atoms with Crippen LogP contribution in [0, 0.1) is 5.92 Å². The predicted octanol–water partition coefficient (Wildman–Crippen LogP) is 3.38. The van der Waals surface area contributed by atoms with E-state index in [9.17, 15) is 15.0 Å². The van der Waals surface area contributed by atoms with Gasteiger partial charge >= 0.3 is 0 Å². The van der Waals surface area contributed by atoms with E-state index in [1.807, 2.05) is 12.1 Å². The Hall–Kier alpha value is -1.77. The van der Waals surface area contributed by atoms with Crippen LogP contribution >= 0.6 is 11.6 Å². The molecule has 1 saturated carbocycles. The molecule has 190 valence electrons. The van der Waals surface area contributed by atoms with Crippen molar-refractivity contribution in [2.24, 2.45) is 5.92 Å². The Morgan fingerprint density at radius 2 is 2.00 bits per heavy atom. The van der Waals surface area contributed by atoms with Gasteiger partial charge in [0.25, 0.3) is 0 Å². The van der Waals surface area contributed by atoms with E-state index >= 15 is 0 Å². The van der Waals surface area contributed by atoms with Gasteiger partial charge < -0.3 is 20.3 Å². The lowest BCUT2D eigenvalue weighted by molar-refractivity contribution is -0.134. The average Bonchev–Trinajstić information content (AvgIpc) is 3.11. The fourth-order valence-electron chi connectivity index (χ4n) is 5.73. The molecule has 0 spiro atoms. The minimum atomic E-state index is -1.35. The Labute approximate surface area is 211 Å². The molecule has 2 aromatic rings. The van der Waals surface area contributed by atoms with Crippen LogP contribution in [0.5, 0.6) is 0 Å². The molecule has 3 aliphatic rings. The van der Waals surface area contributed by atoms with E-state index in [-0.39, 0.29) is 23.8 Å². The van der Waals surface area contributed by atoms with Crippen molar-refractivity contribution in [3.63, 3.8) is 0 Å². The molecule has 3 atom stereocenters. The third-order valence-electron chi connectivity index (χ3n) is 8.33. The molecule has 5 rings (SSSR count). The number of carbonyl (C=O) groups is 1. The van der Waals surface area contributed by atoms with Crippen LogP contribution in [0.3, 0.4) is 0 Å². The Balaban J connectivity index is 1.29. The summed E-state index contributed by atoms with van der Waals surface area (Å²) in [6, 6.07) is 6.11. The number of amides is 1. The Morgan fingerprint density at radius 1 is 1.26 bits per heavy atom. The van der Waals surface area contributed by atoms with Gasteiger partial charge in [-0.2, -0.15) is 0 Å². The number of piperidine rings is 1. The van der Waals surface area contributed by atoms with Crippen molar-refractivity contribution in [2.45, 2.75) is 75.7 Å². The summed E-state index contributed by atoms with van der Waals surface area (Å²) in [6.45, 7) is 6.47. The lowest BCUT2D eigenvalue weighted by atomic mass is 9.84. The number of fused-ring (bicyclic) bond motifs is 1. The van der Waals surface area contributed by atoms with Crippen molar-refractivity contribution in [1.29, 1.82) is 0 Å². The van der Waals surface area contributed by atoms with Crippen LogP contribution in [0.15, 0.2) is 24.4 Å². The van der Waals surface area contributed by atoms with Gasteiger partial charge in [-0.3, -0.25) is 14.7 Å². The highest BCUT2D eigenvalue weighted by atomic mass is 35.5. The van der Waals surface area contributed by atoms with Crippen molar-refractivity contribution in [1.82, 2.24) is 15.2 Å². The van der Waals surface area contributed by atoms with Gasteiger partial charge in [-0.05, 0) is 87.7 Å². The van der Waals surface area contributed by atoms with Gasteiger partial charge in [-0.25, -0.2) is 0 Å². The number of nitrogens with zero attached hydrogens (tertiary/aromatic N) is 2. The van der Waals surface area contributed by atoms with Gasteiger partial charge in [0.1, 0.15) is 5.72 Å². The summed E-state index contributed by atoms with van der Waals surface area (Å²) in [5.74, 6) is 0.287. The van der Waals surface area contributed by atoms with Crippen LogP contribution in [0.1, 0.15) is 63.1 Å². The first-order chi connectivity index (χ1) is 16.6. The van der Waals surface area contributed by atoms with Gasteiger partial charge in [0.05, 0.1) is 24.9 Å². The van der Waals surface area contributed by atoms with Gasteiger partial charge in [0.15, 0.2) is 0 Å². The summed E-state index contributed by atoms with van der Waals surface area (Å²) >= 11 is 6.71. The Morgan fingerprint density at radius 3 is 2.63 bits per heavy atom. The zero-order valence-electron chi connectivity index (χ0n) is 20.6. The number of aromatic nitrogens is 1. The summed E-state index contributed by atoms with van der Waals surface area (Å²) in [5, 5.41) is 26.7. The number of ether oxygens (including phenoxy) is 1. The topological polar surface area (TPSA) is 94.9 Å². The molecule has 2 saturated heterocycles. The predicted molar refractivity (Wildman–Crippen MR) is 135 cm³/mol. The molecular formula is C27H36ClN3O4. The molecule has 1 unspecified atom stereocenters. The van der Waals surface area contributed by atoms with E-state index in [1.165, 1.54) is 0 Å². The van der Waals surface area contributed by atoms with E-state index < -0.39 is 11.8 Å². The lowest BCUT2D eigenvalue weighted by Crippen LogP contribution is -2.56. The zero-order valence-corrected chi connectivity index (χ0v) is 21.4. The molecule has 3 N–H and O–H groups in total. The molecule has 0 bridgehead atoms. The zero-order chi connectivity index (χ0) is 24.8. The molecule has 1 aromatic carbocycles. The van der Waals surface area contributed by atoms with Gasteiger partial charge in [0, 0.05) is 34.6 Å². The highest BCUT2D eigenvalue weighted by Gasteiger charge is 2.45. The van der Waals surface area contributed by atoms with Crippen molar-refractivity contribution in [2.75, 3.05) is 26.3 Å². The Bertz CT molecular complexity index is 1100. The van der Waals surface area contributed by atoms with E-state index in [0.29, 0.717) is 19.1 Å². The number of rotatable bonds is 6. The highest BCUT2D eigenvalue weighted by Crippen LogP contribution is 2.38. The second-order valence-corrected chi connectivity index (χ2v) is 11.5. The smallest absolute Gasteiger partial charge is 0.225 e. The molecular weight excluding hydrogens is 466 g/mol. The van der Waals surface area contributed by atoms with Crippen LogP contribution in [-0.2, 0) is 16.0 Å². The number of hydrogen-bond acceptors (Lipinski definition) is 6. The van der Waals surface area contributed by atoms with Crippen LogP contribution < -0.4 is 5.32 Å². The van der Waals surface area contributed by atoms with E-state index in [4.69, 9.17) is 16.3 Å². The maximum atomic E-state index is 12.3. The average molecular weight is 502 g/mol. The van der Waals surface area contributed by atoms with E-state index in [0.717, 1.165) is 72.2 Å². The molecule has 1 aliphatic carbocycles. The van der Waals surface area contributed by atoms with Crippen LogP contribution in [0.4, 0.5) is 0 Å². The first kappa shape index (κ1) is 24.9. The quantitative estimate of drug-likeness (QED) is 0.525. The van der Waals surface area contributed by atoms with Gasteiger partial charge in [-0.1, -0.05) is 18.0 Å². The number of likely N-dealkylation sites (tertiary alicyclic amines) is 1. The number of aliphatic hydroxyl groups excluding tert-OH is 1. The van der Waals surface area contributed by atoms with Crippen molar-refractivity contribution in [3.8, 4) is 0 Å². The molecule has 3 heterocycles. The molecule has 0 radical (unpaired) electrons. The first-order valence-electron chi connectivity index (χ1n) is 12.8. The SMILES string of the molecule is CC(O)(Cc1cc2cc(C3CCN([C@@]4(C)COC[C@H]4O)CC3)c(Cl)cc2cn1)NC(=O)C1CCC1. The second-order valence-electron chi connectivity index (χ2n) is 11.1. The largest absolute Gasteiger partial charge is 0.389 e. The molecule has 8 heteroatoms. The molecule has 1 aromatic heterocycles. The number of aliphatic hydroxyl groups is 2. The fraction of sp³-hybridized carbons (Fsp3) is 0.630. The van der Waals surface area contributed by atoms with Crippen molar-refractivity contribution < 1.29 is 19.7 Å². The minimum Gasteiger partial charge on any atom is -0.389 e. The number of halogens is 1. The summed E-state index contributed by atoms with van der Waals surface area (Å²) in [6.07, 6.45) is 6.37. The molecule has 7 nitrogen and oxygen atoms in total. The summed E-state index contributed by atoms with van der Waals surface area (Å²) in [7, 11) is 0. The first-order valence-corrected chi connectivity index (χ1v) is 13.2. The molecule has 1 amide bonds. The van der Waals surface area contributed by atoms with Crippen molar-refractivity contribution >= 4 is 28.3 Å². The highest BCUT2D eigenvalue weighted by molar-refractivity contribution is 6.32. The molecule has 35 heavy (non-hydrogen) atoms. The Kier molecular flexibility index (Phi) is 6.83. The van der Waals surface area contributed by atoms with Crippen LogP contribution in [0.25, 0.3) is 10.8 Å². The monoisotopic (exact) mass is 501 g/mol. The van der Waals surface area contributed by atoms with E-state index in [1.54, 1.807) is 13.1 Å². The third kappa shape index (κ3) is 5.07. The summed E-state index contributed by atoms with van der Waals surface area (Å²) < 4.78 is 5.53. The van der Waals surface area contributed by atoms with Crippen LogP contribution in [0.2, 0.25) is 5.02 Å². The number of carbonyl (C=O) groups excluding carboxylic acids is 1. The summed E-state index contributed by atoms with van der Waals surface area (Å²) in [4.78, 5) is 19.2.